The van der Waals surface area contributed by atoms with Gasteiger partial charge >= 0.3 is 0 Å². The standard InChI is InChI=1S/C10H24N2O4S2/c1-10(2,3)7-9(11)8-12-18(15,16)6-5-17(4,13)14/h9,12H,5-8,11H2,1-4H3. The zero-order valence-electron chi connectivity index (χ0n) is 11.4. The Morgan fingerprint density at radius 1 is 1.11 bits per heavy atom. The summed E-state index contributed by atoms with van der Waals surface area (Å²) in [4.78, 5) is 0. The smallest absolute Gasteiger partial charge is 0.212 e. The van der Waals surface area contributed by atoms with E-state index in [0.29, 0.717) is 6.42 Å². The highest BCUT2D eigenvalue weighted by Crippen LogP contribution is 2.19. The summed E-state index contributed by atoms with van der Waals surface area (Å²) in [7, 11) is -6.85. The zero-order chi connectivity index (χ0) is 14.6. The Kier molecular flexibility index (Phi) is 6.25. The molecule has 8 heteroatoms. The summed E-state index contributed by atoms with van der Waals surface area (Å²) in [5, 5.41) is 0. The van der Waals surface area contributed by atoms with Gasteiger partial charge in [0, 0.05) is 18.8 Å². The fraction of sp³-hybridized carbons (Fsp3) is 1.00. The van der Waals surface area contributed by atoms with E-state index in [1.807, 2.05) is 20.8 Å². The lowest BCUT2D eigenvalue weighted by Crippen LogP contribution is -2.40. The third kappa shape index (κ3) is 10.9. The van der Waals surface area contributed by atoms with Crippen molar-refractivity contribution in [2.45, 2.75) is 33.2 Å². The molecule has 0 aliphatic heterocycles. The molecule has 0 fully saturated rings. The lowest BCUT2D eigenvalue weighted by Gasteiger charge is -2.23. The van der Waals surface area contributed by atoms with Crippen LogP contribution in [0.1, 0.15) is 27.2 Å². The third-order valence-electron chi connectivity index (χ3n) is 2.16. The zero-order valence-corrected chi connectivity index (χ0v) is 13.1. The lowest BCUT2D eigenvalue weighted by atomic mass is 9.88. The highest BCUT2D eigenvalue weighted by Gasteiger charge is 2.19. The fourth-order valence-electron chi connectivity index (χ4n) is 1.43. The molecule has 0 aliphatic rings. The Bertz CT molecular complexity index is 449. The van der Waals surface area contributed by atoms with Gasteiger partial charge in [-0.2, -0.15) is 0 Å². The quantitative estimate of drug-likeness (QED) is 0.672. The van der Waals surface area contributed by atoms with Gasteiger partial charge in [0.05, 0.1) is 11.5 Å². The molecule has 3 N–H and O–H groups in total. The molecular weight excluding hydrogens is 276 g/mol. The summed E-state index contributed by atoms with van der Waals surface area (Å²) in [6.07, 6.45) is 1.69. The van der Waals surface area contributed by atoms with Gasteiger partial charge < -0.3 is 5.73 Å². The fourth-order valence-corrected chi connectivity index (χ4v) is 4.13. The Labute approximate surface area is 110 Å². The molecule has 110 valence electrons. The highest BCUT2D eigenvalue weighted by molar-refractivity contribution is 7.93. The predicted octanol–water partition coefficient (Wildman–Crippen LogP) is -0.286. The topological polar surface area (TPSA) is 106 Å². The number of hydrogen-bond acceptors (Lipinski definition) is 5. The van der Waals surface area contributed by atoms with Gasteiger partial charge in [-0.1, -0.05) is 20.8 Å². The Morgan fingerprint density at radius 2 is 1.61 bits per heavy atom. The van der Waals surface area contributed by atoms with Crippen LogP contribution in [0, 0.1) is 5.41 Å². The van der Waals surface area contributed by atoms with Gasteiger partial charge in [-0.25, -0.2) is 21.6 Å². The van der Waals surface area contributed by atoms with E-state index in [1.54, 1.807) is 0 Å². The third-order valence-corrected chi connectivity index (χ3v) is 4.72. The second-order valence-corrected chi connectivity index (χ2v) is 10.0. The van der Waals surface area contributed by atoms with E-state index < -0.39 is 25.6 Å². The summed E-state index contributed by atoms with van der Waals surface area (Å²) in [6.45, 7) is 6.18. The molecule has 0 aromatic rings. The summed E-state index contributed by atoms with van der Waals surface area (Å²) < 4.78 is 47.1. The van der Waals surface area contributed by atoms with E-state index in [4.69, 9.17) is 5.73 Å². The molecule has 6 nitrogen and oxygen atoms in total. The second-order valence-electron chi connectivity index (χ2n) is 5.82. The minimum atomic E-state index is -3.57. The van der Waals surface area contributed by atoms with Gasteiger partial charge in [-0.15, -0.1) is 0 Å². The normalized spacial score (nSPS) is 15.6. The van der Waals surface area contributed by atoms with Crippen molar-refractivity contribution in [1.29, 1.82) is 0 Å². The maximum Gasteiger partial charge on any atom is 0.212 e. The van der Waals surface area contributed by atoms with E-state index in [-0.39, 0.29) is 23.8 Å². The first-order valence-corrected chi connectivity index (χ1v) is 9.43. The molecule has 0 saturated carbocycles. The lowest BCUT2D eigenvalue weighted by molar-refractivity contribution is 0.338. The first-order valence-electron chi connectivity index (χ1n) is 5.71. The van der Waals surface area contributed by atoms with Gasteiger partial charge in [0.2, 0.25) is 10.0 Å². The first kappa shape index (κ1) is 17.8. The summed E-state index contributed by atoms with van der Waals surface area (Å²) >= 11 is 0. The molecule has 1 atom stereocenters. The van der Waals surface area contributed by atoms with Crippen molar-refractivity contribution in [2.24, 2.45) is 11.1 Å². The molecule has 18 heavy (non-hydrogen) atoms. The Morgan fingerprint density at radius 3 is 2.00 bits per heavy atom. The van der Waals surface area contributed by atoms with E-state index in [2.05, 4.69) is 4.72 Å². The number of nitrogens with two attached hydrogens (primary N) is 1. The van der Waals surface area contributed by atoms with Crippen LogP contribution in [0.15, 0.2) is 0 Å². The van der Waals surface area contributed by atoms with Crippen LogP contribution in [-0.2, 0) is 19.9 Å². The van der Waals surface area contributed by atoms with E-state index in [1.165, 1.54) is 0 Å². The molecule has 0 rings (SSSR count). The van der Waals surface area contributed by atoms with Gasteiger partial charge in [-0.05, 0) is 11.8 Å². The molecule has 0 radical (unpaired) electrons. The molecule has 0 aromatic heterocycles. The van der Waals surface area contributed by atoms with E-state index in [9.17, 15) is 16.8 Å². The summed E-state index contributed by atoms with van der Waals surface area (Å²) in [5.74, 6) is -0.801. The van der Waals surface area contributed by atoms with Crippen LogP contribution < -0.4 is 10.5 Å². The van der Waals surface area contributed by atoms with Crippen LogP contribution in [-0.4, -0.2) is 47.2 Å². The maximum atomic E-state index is 11.5. The maximum absolute atomic E-state index is 11.5. The molecule has 0 saturated heterocycles. The van der Waals surface area contributed by atoms with Crippen LogP contribution in [0.25, 0.3) is 0 Å². The number of hydrogen-bond donors (Lipinski definition) is 2. The van der Waals surface area contributed by atoms with Crippen molar-refractivity contribution in [3.63, 3.8) is 0 Å². The molecule has 0 bridgehead atoms. The SMILES string of the molecule is CC(C)(C)CC(N)CNS(=O)(=O)CCS(C)(=O)=O. The van der Waals surface area contributed by atoms with E-state index >= 15 is 0 Å². The number of rotatable bonds is 7. The first-order chi connectivity index (χ1) is 7.81. The van der Waals surface area contributed by atoms with E-state index in [0.717, 1.165) is 6.26 Å². The number of nitrogens with one attached hydrogen (secondary N) is 1. The molecule has 0 heterocycles. The van der Waals surface area contributed by atoms with Crippen LogP contribution in [0.4, 0.5) is 0 Å². The molecule has 0 spiro atoms. The van der Waals surface area contributed by atoms with Crippen molar-refractivity contribution < 1.29 is 16.8 Å². The second kappa shape index (κ2) is 6.31. The molecule has 1 unspecified atom stereocenters. The van der Waals surface area contributed by atoms with Crippen LogP contribution in [0.2, 0.25) is 0 Å². The van der Waals surface area contributed by atoms with Gasteiger partial charge in [0.1, 0.15) is 9.84 Å². The number of sulfonamides is 1. The van der Waals surface area contributed by atoms with Crippen LogP contribution >= 0.6 is 0 Å². The van der Waals surface area contributed by atoms with Crippen molar-refractivity contribution in [1.82, 2.24) is 4.72 Å². The summed E-state index contributed by atoms with van der Waals surface area (Å²) in [6, 6.07) is -0.280. The Balaban J connectivity index is 4.20. The van der Waals surface area contributed by atoms with Crippen LogP contribution in [0.5, 0.6) is 0 Å². The van der Waals surface area contributed by atoms with Gasteiger partial charge in [0.25, 0.3) is 0 Å². The van der Waals surface area contributed by atoms with Crippen molar-refractivity contribution in [2.75, 3.05) is 24.3 Å². The summed E-state index contributed by atoms with van der Waals surface area (Å²) in [5.41, 5.74) is 5.83. The monoisotopic (exact) mass is 300 g/mol. The molecule has 0 amide bonds. The average Bonchev–Trinajstić information content (AvgIpc) is 2.08. The van der Waals surface area contributed by atoms with Gasteiger partial charge in [0.15, 0.2) is 0 Å². The van der Waals surface area contributed by atoms with Crippen molar-refractivity contribution in [3.05, 3.63) is 0 Å². The number of sulfone groups is 1. The molecular formula is C10H24N2O4S2. The molecule has 0 aliphatic carbocycles. The van der Waals surface area contributed by atoms with Crippen molar-refractivity contribution in [3.8, 4) is 0 Å². The highest BCUT2D eigenvalue weighted by atomic mass is 32.2. The van der Waals surface area contributed by atoms with Crippen molar-refractivity contribution >= 4 is 19.9 Å². The van der Waals surface area contributed by atoms with Gasteiger partial charge in [-0.3, -0.25) is 0 Å². The van der Waals surface area contributed by atoms with Crippen LogP contribution in [0.3, 0.4) is 0 Å². The largest absolute Gasteiger partial charge is 0.326 e. The predicted molar refractivity (Wildman–Crippen MR) is 73.5 cm³/mol. The minimum Gasteiger partial charge on any atom is -0.326 e. The Hall–Kier alpha value is -0.180. The average molecular weight is 300 g/mol. The molecule has 0 aromatic carbocycles. The minimum absolute atomic E-state index is 0.0254.